The van der Waals surface area contributed by atoms with Gasteiger partial charge in [0.2, 0.25) is 0 Å². The average molecular weight is 260 g/mol. The summed E-state index contributed by atoms with van der Waals surface area (Å²) < 4.78 is 13.7. The number of nitriles is 1. The van der Waals surface area contributed by atoms with Gasteiger partial charge in [0.15, 0.2) is 0 Å². The maximum atomic E-state index is 13.7. The van der Waals surface area contributed by atoms with Crippen LogP contribution < -0.4 is 5.32 Å². The van der Waals surface area contributed by atoms with Gasteiger partial charge in [-0.1, -0.05) is 32.3 Å². The summed E-state index contributed by atoms with van der Waals surface area (Å²) in [6.45, 7) is 3.81. The lowest BCUT2D eigenvalue weighted by atomic mass is 9.80. The van der Waals surface area contributed by atoms with Gasteiger partial charge in [0.1, 0.15) is 5.82 Å². The molecule has 0 aromatic heterocycles. The van der Waals surface area contributed by atoms with Crippen LogP contribution >= 0.6 is 0 Å². The second kappa shape index (κ2) is 6.68. The summed E-state index contributed by atoms with van der Waals surface area (Å²) >= 11 is 0. The smallest absolute Gasteiger partial charge is 0.129 e. The minimum absolute atomic E-state index is 0.289. The second-order valence-electron chi connectivity index (χ2n) is 5.57. The number of halogens is 1. The summed E-state index contributed by atoms with van der Waals surface area (Å²) in [5.41, 5.74) is 1.02. The minimum atomic E-state index is -0.289. The van der Waals surface area contributed by atoms with E-state index in [-0.39, 0.29) is 5.82 Å². The van der Waals surface area contributed by atoms with E-state index in [0.717, 1.165) is 18.4 Å². The van der Waals surface area contributed by atoms with Crippen LogP contribution in [0, 0.1) is 29.0 Å². The van der Waals surface area contributed by atoms with Gasteiger partial charge in [-0.3, -0.25) is 0 Å². The molecule has 102 valence electrons. The molecule has 0 amide bonds. The van der Waals surface area contributed by atoms with E-state index in [0.29, 0.717) is 17.7 Å². The number of nitrogens with zero attached hydrogens (tertiary/aromatic N) is 1. The summed E-state index contributed by atoms with van der Waals surface area (Å²) in [5, 5.41) is 12.1. The Morgan fingerprint density at radius 1 is 1.37 bits per heavy atom. The fraction of sp³-hybridized carbons (Fsp3) is 0.562. The third kappa shape index (κ3) is 3.78. The Morgan fingerprint density at radius 3 is 2.84 bits per heavy atom. The van der Waals surface area contributed by atoms with E-state index in [1.54, 1.807) is 12.1 Å². The van der Waals surface area contributed by atoms with E-state index >= 15 is 0 Å². The van der Waals surface area contributed by atoms with Gasteiger partial charge >= 0.3 is 0 Å². The Kier molecular flexibility index (Phi) is 4.93. The van der Waals surface area contributed by atoms with Gasteiger partial charge < -0.3 is 5.32 Å². The molecule has 0 heterocycles. The highest BCUT2D eigenvalue weighted by molar-refractivity contribution is 5.32. The molecule has 0 bridgehead atoms. The number of hydrogen-bond acceptors (Lipinski definition) is 2. The average Bonchev–Trinajstić information content (AvgIpc) is 2.42. The highest BCUT2D eigenvalue weighted by Crippen LogP contribution is 2.28. The molecule has 19 heavy (non-hydrogen) atoms. The quantitative estimate of drug-likeness (QED) is 0.897. The first kappa shape index (κ1) is 14.0. The normalized spacial score (nSPS) is 23.0. The molecule has 1 fully saturated rings. The van der Waals surface area contributed by atoms with Gasteiger partial charge in [-0.05, 0) is 36.9 Å². The van der Waals surface area contributed by atoms with Crippen LogP contribution in [0.2, 0.25) is 0 Å². The topological polar surface area (TPSA) is 35.8 Å². The van der Waals surface area contributed by atoms with Crippen molar-refractivity contribution < 1.29 is 4.39 Å². The molecule has 0 saturated heterocycles. The molecule has 1 saturated carbocycles. The van der Waals surface area contributed by atoms with E-state index in [1.807, 2.05) is 6.07 Å². The molecule has 3 heteroatoms. The molecular formula is C16H21FN2. The van der Waals surface area contributed by atoms with Crippen LogP contribution in [0.3, 0.4) is 0 Å². The summed E-state index contributed by atoms with van der Waals surface area (Å²) in [4.78, 5) is 0. The summed E-state index contributed by atoms with van der Waals surface area (Å²) in [6.07, 6.45) is 5.27. The zero-order valence-electron chi connectivity index (χ0n) is 11.5. The number of hydrogen-bond donors (Lipinski definition) is 1. The molecule has 0 radical (unpaired) electrons. The molecule has 0 spiro atoms. The van der Waals surface area contributed by atoms with Crippen LogP contribution in [-0.4, -0.2) is 6.54 Å². The van der Waals surface area contributed by atoms with Crippen LogP contribution in [0.4, 0.5) is 4.39 Å². The Balaban J connectivity index is 1.84. The van der Waals surface area contributed by atoms with Crippen LogP contribution in [0.5, 0.6) is 0 Å². The van der Waals surface area contributed by atoms with E-state index in [2.05, 4.69) is 12.2 Å². The molecular weight excluding hydrogens is 239 g/mol. The molecule has 2 rings (SSSR count). The fourth-order valence-electron chi connectivity index (χ4n) is 2.85. The van der Waals surface area contributed by atoms with Crippen molar-refractivity contribution in [2.75, 3.05) is 6.54 Å². The van der Waals surface area contributed by atoms with E-state index < -0.39 is 0 Å². The van der Waals surface area contributed by atoms with Crippen molar-refractivity contribution in [1.29, 1.82) is 5.26 Å². The van der Waals surface area contributed by atoms with E-state index in [9.17, 15) is 4.39 Å². The highest BCUT2D eigenvalue weighted by Gasteiger charge is 2.20. The fourth-order valence-corrected chi connectivity index (χ4v) is 2.85. The van der Waals surface area contributed by atoms with Crippen LogP contribution in [0.1, 0.15) is 43.7 Å². The summed E-state index contributed by atoms with van der Waals surface area (Å²) in [7, 11) is 0. The Bertz CT molecular complexity index is 464. The maximum absolute atomic E-state index is 13.7. The SMILES string of the molecule is CC1CCCCC1CNCc1ccc(C#N)cc1F. The summed E-state index contributed by atoms with van der Waals surface area (Å²) in [5.74, 6) is 1.20. The molecule has 1 aromatic rings. The van der Waals surface area contributed by atoms with Gasteiger partial charge in [0.05, 0.1) is 11.6 Å². The molecule has 1 aliphatic carbocycles. The lowest BCUT2D eigenvalue weighted by Crippen LogP contribution is -2.29. The zero-order chi connectivity index (χ0) is 13.7. The predicted octanol–water partition coefficient (Wildman–Crippen LogP) is 3.61. The lowest BCUT2D eigenvalue weighted by Gasteiger charge is -2.28. The van der Waals surface area contributed by atoms with Gasteiger partial charge in [0.25, 0.3) is 0 Å². The number of benzene rings is 1. The van der Waals surface area contributed by atoms with E-state index in [4.69, 9.17) is 5.26 Å². The van der Waals surface area contributed by atoms with Crippen molar-refractivity contribution in [3.8, 4) is 6.07 Å². The molecule has 1 aromatic carbocycles. The van der Waals surface area contributed by atoms with Gasteiger partial charge in [-0.25, -0.2) is 4.39 Å². The Morgan fingerprint density at radius 2 is 2.16 bits per heavy atom. The van der Waals surface area contributed by atoms with Crippen molar-refractivity contribution in [3.05, 3.63) is 35.1 Å². The molecule has 0 aliphatic heterocycles. The van der Waals surface area contributed by atoms with Crippen LogP contribution in [0.15, 0.2) is 18.2 Å². The first-order valence-electron chi connectivity index (χ1n) is 7.10. The third-order valence-electron chi connectivity index (χ3n) is 4.19. The van der Waals surface area contributed by atoms with Crippen LogP contribution in [-0.2, 0) is 6.54 Å². The van der Waals surface area contributed by atoms with Crippen molar-refractivity contribution in [3.63, 3.8) is 0 Å². The first-order chi connectivity index (χ1) is 9.20. The van der Waals surface area contributed by atoms with Crippen molar-refractivity contribution in [1.82, 2.24) is 5.32 Å². The monoisotopic (exact) mass is 260 g/mol. The van der Waals surface area contributed by atoms with Crippen molar-refractivity contribution in [2.45, 2.75) is 39.2 Å². The van der Waals surface area contributed by atoms with Gasteiger partial charge in [-0.15, -0.1) is 0 Å². The molecule has 2 atom stereocenters. The first-order valence-corrected chi connectivity index (χ1v) is 7.10. The van der Waals surface area contributed by atoms with Crippen LogP contribution in [0.25, 0.3) is 0 Å². The Labute approximate surface area is 114 Å². The molecule has 1 N–H and O–H groups in total. The predicted molar refractivity (Wildman–Crippen MR) is 73.9 cm³/mol. The number of rotatable bonds is 4. The van der Waals surface area contributed by atoms with Crippen molar-refractivity contribution in [2.24, 2.45) is 11.8 Å². The highest BCUT2D eigenvalue weighted by atomic mass is 19.1. The number of nitrogens with one attached hydrogen (secondary N) is 1. The maximum Gasteiger partial charge on any atom is 0.129 e. The largest absolute Gasteiger partial charge is 0.312 e. The Hall–Kier alpha value is -1.40. The lowest BCUT2D eigenvalue weighted by molar-refractivity contribution is 0.247. The second-order valence-corrected chi connectivity index (χ2v) is 5.57. The van der Waals surface area contributed by atoms with E-state index in [1.165, 1.54) is 31.7 Å². The third-order valence-corrected chi connectivity index (χ3v) is 4.19. The molecule has 2 nitrogen and oxygen atoms in total. The summed E-state index contributed by atoms with van der Waals surface area (Å²) in [6, 6.07) is 6.62. The van der Waals surface area contributed by atoms with Crippen molar-refractivity contribution >= 4 is 0 Å². The zero-order valence-corrected chi connectivity index (χ0v) is 11.5. The molecule has 2 unspecified atom stereocenters. The molecule has 1 aliphatic rings. The van der Waals surface area contributed by atoms with Gasteiger partial charge in [0, 0.05) is 12.1 Å². The standard InChI is InChI=1S/C16H21FN2/c1-12-4-2-3-5-14(12)10-19-11-15-7-6-13(9-18)8-16(15)17/h6-8,12,14,19H,2-5,10-11H2,1H3. The van der Waals surface area contributed by atoms with Gasteiger partial charge in [-0.2, -0.15) is 5.26 Å². The minimum Gasteiger partial charge on any atom is -0.312 e.